The van der Waals surface area contributed by atoms with E-state index in [1.165, 1.54) is 81.8 Å². The molecule has 66 heavy (non-hydrogen) atoms. The summed E-state index contributed by atoms with van der Waals surface area (Å²) in [6.07, 6.45) is 0. The lowest BCUT2D eigenvalue weighted by Gasteiger charge is -2.01. The van der Waals surface area contributed by atoms with Crippen molar-refractivity contribution in [3.8, 4) is 41.8 Å². The predicted octanol–water partition coefficient (Wildman–Crippen LogP) is 18.8. The first-order chi connectivity index (χ1) is 32.7. The number of rotatable bonds is 4. The zero-order chi connectivity index (χ0) is 43.0. The van der Waals surface area contributed by atoms with Crippen LogP contribution in [0.1, 0.15) is 0 Å². The van der Waals surface area contributed by atoms with Crippen molar-refractivity contribution in [2.45, 2.75) is 0 Å². The topological polar surface area (TPSA) is 57.4 Å². The molecule has 0 aliphatic carbocycles. The van der Waals surface area contributed by atoms with E-state index in [0.29, 0.717) is 0 Å². The van der Waals surface area contributed by atoms with E-state index in [1.807, 2.05) is 22.7 Å². The van der Waals surface area contributed by atoms with Crippen LogP contribution in [0.15, 0.2) is 167 Å². The second-order valence-electron chi connectivity index (χ2n) is 16.6. The SMILES string of the molecule is c1csc(-c2c3cc4c5ccccc5c5cc([nH]c5c4n3)c(-c3cccs3)c3ccc(s3)c(-c3cccs3)c3cc4c5ccccc5c5cc([nH]c5c4n3)c(-c3cccs3)c3ccc2s3)c1. The number of aromatic amines is 2. The van der Waals surface area contributed by atoms with Crippen LogP contribution in [0.4, 0.5) is 0 Å². The Labute approximate surface area is 399 Å². The number of hydrogen-bond donors (Lipinski definition) is 2. The van der Waals surface area contributed by atoms with Crippen molar-refractivity contribution in [3.05, 3.63) is 167 Å². The molecule has 4 aromatic carbocycles. The molecular formula is C56H30N4S6. The summed E-state index contributed by atoms with van der Waals surface area (Å²) in [5.41, 5.74) is 12.9. The van der Waals surface area contributed by atoms with Crippen molar-refractivity contribution in [1.29, 1.82) is 0 Å². The van der Waals surface area contributed by atoms with Crippen molar-refractivity contribution >= 4 is 174 Å². The highest BCUT2D eigenvalue weighted by atomic mass is 32.1. The molecule has 310 valence electrons. The summed E-state index contributed by atoms with van der Waals surface area (Å²) in [5, 5.41) is 18.2. The summed E-state index contributed by atoms with van der Waals surface area (Å²) in [6.45, 7) is 0. The van der Waals surface area contributed by atoms with E-state index in [1.54, 1.807) is 45.3 Å². The highest BCUT2D eigenvalue weighted by molar-refractivity contribution is 7.26. The summed E-state index contributed by atoms with van der Waals surface area (Å²) in [7, 11) is 0. The molecule has 0 fully saturated rings. The Balaban J connectivity index is 1.19. The van der Waals surface area contributed by atoms with E-state index < -0.39 is 0 Å². The predicted molar refractivity (Wildman–Crippen MR) is 292 cm³/mol. The average Bonchev–Trinajstić information content (AvgIpc) is 4.17. The lowest BCUT2D eigenvalue weighted by Crippen LogP contribution is -1.79. The van der Waals surface area contributed by atoms with Crippen LogP contribution in [0.25, 0.3) is 148 Å². The van der Waals surface area contributed by atoms with Crippen LogP contribution in [0.2, 0.25) is 0 Å². The maximum atomic E-state index is 5.65. The molecule has 0 atom stereocenters. The minimum Gasteiger partial charge on any atom is -0.353 e. The Morgan fingerprint density at radius 2 is 0.667 bits per heavy atom. The van der Waals surface area contributed by atoms with Gasteiger partial charge < -0.3 is 9.97 Å². The molecule has 0 amide bonds. The van der Waals surface area contributed by atoms with Crippen LogP contribution in [0, 0.1) is 0 Å². The van der Waals surface area contributed by atoms with Gasteiger partial charge in [-0.1, -0.05) is 72.8 Å². The van der Waals surface area contributed by atoms with Gasteiger partial charge in [-0.05, 0) is 116 Å². The number of aromatic nitrogens is 4. The molecule has 0 radical (unpaired) electrons. The van der Waals surface area contributed by atoms with E-state index in [4.69, 9.17) is 9.97 Å². The van der Waals surface area contributed by atoms with Crippen molar-refractivity contribution in [2.75, 3.05) is 0 Å². The number of fused-ring (bicyclic) bond motifs is 14. The van der Waals surface area contributed by atoms with Crippen LogP contribution >= 0.6 is 68.0 Å². The zero-order valence-corrected chi connectivity index (χ0v) is 39.4. The summed E-state index contributed by atoms with van der Waals surface area (Å²) < 4.78 is 4.76. The van der Waals surface area contributed by atoms with Gasteiger partial charge in [-0.3, -0.25) is 0 Å². The Bertz CT molecular complexity index is 3930. The molecule has 0 aliphatic rings. The van der Waals surface area contributed by atoms with Gasteiger partial charge in [-0.15, -0.1) is 68.0 Å². The lowest BCUT2D eigenvalue weighted by molar-refractivity contribution is 1.52. The maximum absolute atomic E-state index is 5.65. The van der Waals surface area contributed by atoms with Gasteiger partial charge in [0.15, 0.2) is 0 Å². The van der Waals surface area contributed by atoms with Gasteiger partial charge in [0.25, 0.3) is 0 Å². The molecule has 4 nitrogen and oxygen atoms in total. The molecule has 0 saturated carbocycles. The molecule has 10 heteroatoms. The van der Waals surface area contributed by atoms with E-state index in [-0.39, 0.29) is 0 Å². The van der Waals surface area contributed by atoms with Crippen LogP contribution < -0.4 is 0 Å². The Morgan fingerprint density at radius 1 is 0.318 bits per heavy atom. The maximum Gasteiger partial charge on any atom is 0.0957 e. The molecule has 0 spiro atoms. The van der Waals surface area contributed by atoms with E-state index in [2.05, 4.69) is 177 Å². The fourth-order valence-corrected chi connectivity index (χ4v) is 15.9. The standard InChI is InChI=1S/C56H30N4S6/c1-2-10-30-29(9-1)33-25-37-49(41-13-5-21-61-41)45-17-18-47(65-45)51(43-15-7-23-63-43)39-27-35-31-11-3-4-12-32(31)36-28-40(60-56(36)55(35)59-39)52(44-16-8-24-64-44)48-20-19-46(66-48)50(42-14-6-22-62-42)38-26-34(30)54(58-38)53(33)57-37/h1-28,57,60H. The Hall–Kier alpha value is -6.76. The van der Waals surface area contributed by atoms with Crippen LogP contribution in [0.3, 0.4) is 0 Å². The van der Waals surface area contributed by atoms with Gasteiger partial charge in [-0.2, -0.15) is 0 Å². The van der Waals surface area contributed by atoms with Crippen molar-refractivity contribution < 1.29 is 0 Å². The molecule has 11 heterocycles. The summed E-state index contributed by atoms with van der Waals surface area (Å²) >= 11 is 10.8. The molecule has 12 bridgehead atoms. The number of benzene rings is 4. The van der Waals surface area contributed by atoms with Gasteiger partial charge in [-0.25, -0.2) is 9.97 Å². The van der Waals surface area contributed by atoms with Crippen molar-refractivity contribution in [1.82, 2.24) is 19.9 Å². The molecule has 0 unspecified atom stereocenters. The average molecular weight is 951 g/mol. The molecular weight excluding hydrogens is 921 g/mol. The van der Waals surface area contributed by atoms with Crippen LogP contribution in [0.5, 0.6) is 0 Å². The quantitative estimate of drug-likeness (QED) is 0.185. The third-order valence-electron chi connectivity index (χ3n) is 13.0. The molecule has 11 aromatic heterocycles. The summed E-state index contributed by atoms with van der Waals surface area (Å²) in [4.78, 5) is 24.2. The van der Waals surface area contributed by atoms with Gasteiger partial charge in [0.05, 0.1) is 33.1 Å². The first kappa shape index (κ1) is 37.5. The fraction of sp³-hybridized carbons (Fsp3) is 0. The first-order valence-electron chi connectivity index (χ1n) is 21.6. The van der Waals surface area contributed by atoms with Gasteiger partial charge >= 0.3 is 0 Å². The fourth-order valence-electron chi connectivity index (χ4n) is 10.2. The second-order valence-corrected chi connectivity index (χ2v) is 22.5. The van der Waals surface area contributed by atoms with E-state index in [9.17, 15) is 0 Å². The minimum absolute atomic E-state index is 0.981. The van der Waals surface area contributed by atoms with Crippen molar-refractivity contribution in [3.63, 3.8) is 0 Å². The Morgan fingerprint density at radius 3 is 1.03 bits per heavy atom. The zero-order valence-electron chi connectivity index (χ0n) is 34.5. The third-order valence-corrected chi connectivity index (χ3v) is 18.8. The van der Waals surface area contributed by atoms with E-state index in [0.717, 1.165) is 66.0 Å². The monoisotopic (exact) mass is 950 g/mol. The lowest BCUT2D eigenvalue weighted by atomic mass is 10.0. The van der Waals surface area contributed by atoms with Gasteiger partial charge in [0, 0.05) is 93.1 Å². The second kappa shape index (κ2) is 14.4. The largest absolute Gasteiger partial charge is 0.353 e. The van der Waals surface area contributed by atoms with Gasteiger partial charge in [0.2, 0.25) is 0 Å². The molecule has 15 rings (SSSR count). The number of H-pyrrole nitrogens is 2. The number of hydrogen-bond acceptors (Lipinski definition) is 8. The third kappa shape index (κ3) is 5.51. The normalized spacial score (nSPS) is 12.2. The molecule has 0 saturated heterocycles. The number of nitrogens with one attached hydrogen (secondary N) is 2. The van der Waals surface area contributed by atoms with Crippen molar-refractivity contribution in [2.24, 2.45) is 0 Å². The summed E-state index contributed by atoms with van der Waals surface area (Å²) in [6, 6.07) is 53.9. The molecule has 2 N–H and O–H groups in total. The van der Waals surface area contributed by atoms with Crippen LogP contribution in [-0.2, 0) is 0 Å². The molecule has 0 aliphatic heterocycles. The number of nitrogens with zero attached hydrogens (tertiary/aromatic N) is 2. The number of thiophene rings is 6. The van der Waals surface area contributed by atoms with E-state index >= 15 is 0 Å². The minimum atomic E-state index is 0.981. The highest BCUT2D eigenvalue weighted by Crippen LogP contribution is 2.47. The smallest absolute Gasteiger partial charge is 0.0957 e. The highest BCUT2D eigenvalue weighted by Gasteiger charge is 2.21. The molecule has 15 aromatic rings. The van der Waals surface area contributed by atoms with Crippen LogP contribution in [-0.4, -0.2) is 19.9 Å². The van der Waals surface area contributed by atoms with Gasteiger partial charge in [0.1, 0.15) is 0 Å². The Kier molecular flexibility index (Phi) is 8.16. The first-order valence-corrected chi connectivity index (χ1v) is 26.7. The summed E-state index contributed by atoms with van der Waals surface area (Å²) in [5.74, 6) is 0.